The van der Waals surface area contributed by atoms with Crippen molar-refractivity contribution in [3.05, 3.63) is 29.6 Å². The molecule has 2 aromatic rings. The molecule has 1 aromatic heterocycles. The maximum atomic E-state index is 5.50. The maximum Gasteiger partial charge on any atom is 0.231 e. The Hall–Kier alpha value is -1.48. The number of nitrogens with one attached hydrogen (secondary N) is 1. The lowest BCUT2D eigenvalue weighted by Gasteiger charge is -2.19. The summed E-state index contributed by atoms with van der Waals surface area (Å²) >= 11 is 0. The Morgan fingerprint density at radius 3 is 2.45 bits per heavy atom. The summed E-state index contributed by atoms with van der Waals surface area (Å²) in [6, 6.07) is 6.33. The topological polar surface area (TPSA) is 32.6 Å². The van der Waals surface area contributed by atoms with Crippen LogP contribution in [0.5, 0.6) is 11.5 Å². The molecular formula is C16H20ClNO2. The van der Waals surface area contributed by atoms with Crippen LogP contribution in [0.25, 0.3) is 10.8 Å². The lowest BCUT2D eigenvalue weighted by Crippen LogP contribution is -3.00. The van der Waals surface area contributed by atoms with E-state index in [0.29, 0.717) is 6.79 Å². The fraction of sp³-hybridized carbons (Fsp3) is 0.438. The van der Waals surface area contributed by atoms with Gasteiger partial charge in [-0.3, -0.25) is 0 Å². The summed E-state index contributed by atoms with van der Waals surface area (Å²) in [5, 5.41) is 2.43. The van der Waals surface area contributed by atoms with Crippen molar-refractivity contribution in [1.29, 1.82) is 0 Å². The first-order chi connectivity index (χ1) is 9.01. The summed E-state index contributed by atoms with van der Waals surface area (Å²) in [6.07, 6.45) is 1.08. The summed E-state index contributed by atoms with van der Waals surface area (Å²) in [5.74, 6) is 1.69. The molecule has 20 heavy (non-hydrogen) atoms. The molecule has 0 amide bonds. The van der Waals surface area contributed by atoms with Gasteiger partial charge in [-0.05, 0) is 37.8 Å². The molecule has 0 aliphatic carbocycles. The number of aromatic nitrogens is 1. The van der Waals surface area contributed by atoms with Crippen molar-refractivity contribution in [2.24, 2.45) is 0 Å². The average Bonchev–Trinajstić information content (AvgIpc) is 2.82. The van der Waals surface area contributed by atoms with Gasteiger partial charge >= 0.3 is 0 Å². The van der Waals surface area contributed by atoms with E-state index in [-0.39, 0.29) is 17.8 Å². The van der Waals surface area contributed by atoms with Gasteiger partial charge in [-0.1, -0.05) is 6.92 Å². The van der Waals surface area contributed by atoms with Crippen LogP contribution in [0.15, 0.2) is 18.2 Å². The Morgan fingerprint density at radius 2 is 1.80 bits per heavy atom. The number of hydrogen-bond acceptors (Lipinski definition) is 2. The molecule has 1 aliphatic heterocycles. The predicted octanol–water partition coefficient (Wildman–Crippen LogP) is 0.383. The summed E-state index contributed by atoms with van der Waals surface area (Å²) in [5.41, 5.74) is 2.55. The van der Waals surface area contributed by atoms with Gasteiger partial charge in [0.1, 0.15) is 0 Å². The number of ether oxygens (including phenoxy) is 2. The second kappa shape index (κ2) is 5.13. The van der Waals surface area contributed by atoms with E-state index >= 15 is 0 Å². The van der Waals surface area contributed by atoms with Crippen LogP contribution in [0, 0.1) is 6.92 Å². The zero-order valence-corrected chi connectivity index (χ0v) is 13.1. The van der Waals surface area contributed by atoms with E-state index < -0.39 is 0 Å². The van der Waals surface area contributed by atoms with E-state index in [1.54, 1.807) is 0 Å². The highest BCUT2D eigenvalue weighted by atomic mass is 35.5. The van der Waals surface area contributed by atoms with E-state index in [1.807, 2.05) is 0 Å². The third-order valence-corrected chi connectivity index (χ3v) is 4.07. The molecule has 0 saturated carbocycles. The second-order valence-corrected chi connectivity index (χ2v) is 5.86. The SMILES string of the molecule is CCC(C)(C)c1[nH+]c(C)cc2cc3c(cc12)OCO3.[Cl-]. The van der Waals surface area contributed by atoms with Crippen LogP contribution in [0.3, 0.4) is 0 Å². The Morgan fingerprint density at radius 1 is 1.15 bits per heavy atom. The lowest BCUT2D eigenvalue weighted by molar-refractivity contribution is -0.404. The number of pyridine rings is 1. The van der Waals surface area contributed by atoms with E-state index in [9.17, 15) is 0 Å². The lowest BCUT2D eigenvalue weighted by atomic mass is 9.83. The highest BCUT2D eigenvalue weighted by Crippen LogP contribution is 2.39. The molecule has 3 nitrogen and oxygen atoms in total. The normalized spacial score (nSPS) is 13.4. The number of aryl methyl sites for hydroxylation is 1. The van der Waals surface area contributed by atoms with Gasteiger partial charge in [0.15, 0.2) is 22.9 Å². The Bertz CT molecular complexity index is 652. The number of benzene rings is 1. The molecule has 0 radical (unpaired) electrons. The van der Waals surface area contributed by atoms with E-state index in [4.69, 9.17) is 9.47 Å². The number of fused-ring (bicyclic) bond motifs is 2. The predicted molar refractivity (Wildman–Crippen MR) is 74.7 cm³/mol. The highest BCUT2D eigenvalue weighted by Gasteiger charge is 2.29. The van der Waals surface area contributed by atoms with Crippen LogP contribution >= 0.6 is 0 Å². The molecule has 0 fully saturated rings. The average molecular weight is 294 g/mol. The molecule has 0 bridgehead atoms. The van der Waals surface area contributed by atoms with Gasteiger partial charge in [0.2, 0.25) is 6.79 Å². The van der Waals surface area contributed by atoms with Crippen molar-refractivity contribution in [3.63, 3.8) is 0 Å². The van der Waals surface area contributed by atoms with Gasteiger partial charge < -0.3 is 21.9 Å². The monoisotopic (exact) mass is 293 g/mol. The fourth-order valence-corrected chi connectivity index (χ4v) is 2.54. The molecular weight excluding hydrogens is 274 g/mol. The quantitative estimate of drug-likeness (QED) is 0.802. The number of aromatic amines is 1. The number of H-pyrrole nitrogens is 1. The molecule has 0 spiro atoms. The van der Waals surface area contributed by atoms with Crippen LogP contribution in [-0.4, -0.2) is 6.79 Å². The Kier molecular flexibility index (Phi) is 3.83. The molecule has 0 saturated heterocycles. The molecule has 1 aliphatic rings. The second-order valence-electron chi connectivity index (χ2n) is 5.86. The van der Waals surface area contributed by atoms with Gasteiger partial charge in [-0.15, -0.1) is 0 Å². The van der Waals surface area contributed by atoms with E-state index in [1.165, 1.54) is 22.2 Å². The van der Waals surface area contributed by atoms with Crippen molar-refractivity contribution in [1.82, 2.24) is 0 Å². The van der Waals surface area contributed by atoms with Gasteiger partial charge in [0.05, 0.1) is 5.39 Å². The van der Waals surface area contributed by atoms with Crippen molar-refractivity contribution in [3.8, 4) is 11.5 Å². The van der Waals surface area contributed by atoms with Crippen molar-refractivity contribution in [2.75, 3.05) is 6.79 Å². The molecule has 1 aromatic carbocycles. The fourth-order valence-electron chi connectivity index (χ4n) is 2.54. The smallest absolute Gasteiger partial charge is 0.231 e. The van der Waals surface area contributed by atoms with Crippen LogP contribution in [-0.2, 0) is 5.41 Å². The zero-order chi connectivity index (χ0) is 13.6. The first kappa shape index (κ1) is 14.9. The van der Waals surface area contributed by atoms with Crippen molar-refractivity contribution >= 4 is 10.8 Å². The van der Waals surface area contributed by atoms with E-state index in [0.717, 1.165) is 17.9 Å². The maximum absolute atomic E-state index is 5.50. The largest absolute Gasteiger partial charge is 1.00 e. The summed E-state index contributed by atoms with van der Waals surface area (Å²) in [4.78, 5) is 3.54. The minimum Gasteiger partial charge on any atom is -1.00 e. The molecule has 108 valence electrons. The highest BCUT2D eigenvalue weighted by molar-refractivity contribution is 5.88. The number of rotatable bonds is 2. The third kappa shape index (κ3) is 2.31. The van der Waals surface area contributed by atoms with Crippen molar-refractivity contribution in [2.45, 2.75) is 39.5 Å². The summed E-state index contributed by atoms with van der Waals surface area (Å²) < 4.78 is 11.0. The van der Waals surface area contributed by atoms with Crippen LogP contribution < -0.4 is 26.9 Å². The molecule has 0 atom stereocenters. The van der Waals surface area contributed by atoms with Crippen LogP contribution in [0.4, 0.5) is 0 Å². The standard InChI is InChI=1S/C16H19NO2.ClH/c1-5-16(3,4)15-12-8-14-13(18-9-19-14)7-11(12)6-10(2)17-15;/h6-8H,5,9H2,1-4H3;1H. The molecule has 3 rings (SSSR count). The Labute approximate surface area is 125 Å². The van der Waals surface area contributed by atoms with Crippen LogP contribution in [0.2, 0.25) is 0 Å². The molecule has 2 heterocycles. The van der Waals surface area contributed by atoms with Crippen molar-refractivity contribution < 1.29 is 26.9 Å². The van der Waals surface area contributed by atoms with Gasteiger partial charge in [-0.25, -0.2) is 4.98 Å². The number of hydrogen-bond donors (Lipinski definition) is 0. The molecule has 4 heteroatoms. The molecule has 1 N–H and O–H groups in total. The van der Waals surface area contributed by atoms with Crippen LogP contribution in [0.1, 0.15) is 38.6 Å². The first-order valence-corrected chi connectivity index (χ1v) is 6.78. The van der Waals surface area contributed by atoms with E-state index in [2.05, 4.69) is 50.9 Å². The number of halogens is 1. The summed E-state index contributed by atoms with van der Waals surface area (Å²) in [7, 11) is 0. The minimum absolute atomic E-state index is 0. The summed E-state index contributed by atoms with van der Waals surface area (Å²) in [6.45, 7) is 9.17. The van der Waals surface area contributed by atoms with Gasteiger partial charge in [0.25, 0.3) is 0 Å². The zero-order valence-electron chi connectivity index (χ0n) is 12.3. The third-order valence-electron chi connectivity index (χ3n) is 4.07. The molecule has 0 unspecified atom stereocenters. The van der Waals surface area contributed by atoms with Gasteiger partial charge in [0, 0.05) is 18.4 Å². The van der Waals surface area contributed by atoms with Gasteiger partial charge in [-0.2, -0.15) is 0 Å². The minimum atomic E-state index is 0. The Balaban J connectivity index is 0.00000147. The first-order valence-electron chi connectivity index (χ1n) is 6.78.